The number of anilines is 2. The Morgan fingerprint density at radius 1 is 1.09 bits per heavy atom. The Bertz CT molecular complexity index is 1190. The Hall–Kier alpha value is -3.41. The van der Waals surface area contributed by atoms with Crippen molar-refractivity contribution in [3.05, 3.63) is 64.2 Å². The second-order valence-corrected chi connectivity index (χ2v) is 9.91. The van der Waals surface area contributed by atoms with Gasteiger partial charge in [0.1, 0.15) is 5.57 Å². The number of hydrogen-bond acceptors (Lipinski definition) is 4. The van der Waals surface area contributed by atoms with Crippen molar-refractivity contribution < 1.29 is 14.4 Å². The van der Waals surface area contributed by atoms with Gasteiger partial charge in [0.05, 0.1) is 5.69 Å². The van der Waals surface area contributed by atoms with E-state index < -0.39 is 17.8 Å². The first-order valence-corrected chi connectivity index (χ1v) is 12.0. The third-order valence-electron chi connectivity index (χ3n) is 7.09. The van der Waals surface area contributed by atoms with E-state index in [2.05, 4.69) is 50.0 Å². The highest BCUT2D eigenvalue weighted by Gasteiger charge is 2.38. The van der Waals surface area contributed by atoms with Crippen LogP contribution in [0.25, 0.3) is 6.08 Å². The maximum Gasteiger partial charge on any atom is 0.335 e. The van der Waals surface area contributed by atoms with Crippen molar-refractivity contribution in [1.29, 1.82) is 0 Å². The van der Waals surface area contributed by atoms with Crippen LogP contribution in [0.5, 0.6) is 0 Å². The van der Waals surface area contributed by atoms with Gasteiger partial charge in [-0.2, -0.15) is 0 Å². The molecule has 178 valence electrons. The summed E-state index contributed by atoms with van der Waals surface area (Å²) in [7, 11) is 0. The van der Waals surface area contributed by atoms with Crippen LogP contribution in [0.1, 0.15) is 69.2 Å². The molecule has 6 nitrogen and oxygen atoms in total. The number of nitrogens with zero attached hydrogens (tertiary/aromatic N) is 2. The van der Waals surface area contributed by atoms with Gasteiger partial charge in [0, 0.05) is 17.8 Å². The second-order valence-electron chi connectivity index (χ2n) is 9.91. The van der Waals surface area contributed by atoms with Gasteiger partial charge in [0.2, 0.25) is 0 Å². The summed E-state index contributed by atoms with van der Waals surface area (Å²) in [6, 6.07) is 10.7. The van der Waals surface area contributed by atoms with Gasteiger partial charge in [-0.1, -0.05) is 26.0 Å². The lowest BCUT2D eigenvalue weighted by molar-refractivity contribution is -0.122. The highest BCUT2D eigenvalue weighted by molar-refractivity contribution is 6.39. The molecule has 4 rings (SSSR count). The number of hydrogen-bond donors (Lipinski definition) is 1. The molecule has 2 aliphatic heterocycles. The summed E-state index contributed by atoms with van der Waals surface area (Å²) in [4.78, 5) is 42.0. The van der Waals surface area contributed by atoms with Gasteiger partial charge in [-0.15, -0.1) is 0 Å². The number of urea groups is 1. The number of benzene rings is 2. The van der Waals surface area contributed by atoms with Crippen LogP contribution in [0.15, 0.2) is 42.0 Å². The van der Waals surface area contributed by atoms with E-state index in [1.165, 1.54) is 11.3 Å². The Morgan fingerprint density at radius 3 is 2.38 bits per heavy atom. The summed E-state index contributed by atoms with van der Waals surface area (Å²) in [5.74, 6) is -0.936. The second kappa shape index (κ2) is 8.75. The van der Waals surface area contributed by atoms with Gasteiger partial charge < -0.3 is 4.90 Å². The van der Waals surface area contributed by atoms with Crippen LogP contribution < -0.4 is 15.1 Å². The number of carbonyl (C=O) groups excluding carboxylic acids is 3. The molecule has 1 atom stereocenters. The Morgan fingerprint density at radius 2 is 1.76 bits per heavy atom. The zero-order valence-corrected chi connectivity index (χ0v) is 20.9. The normalized spacial score (nSPS) is 21.1. The van der Waals surface area contributed by atoms with Crippen LogP contribution in [0.2, 0.25) is 0 Å². The molecule has 0 saturated carbocycles. The molecular weight excluding hydrogens is 426 g/mol. The third kappa shape index (κ3) is 4.02. The predicted octanol–water partition coefficient (Wildman–Crippen LogP) is 5.34. The maximum atomic E-state index is 13.3. The zero-order valence-electron chi connectivity index (χ0n) is 20.9. The van der Waals surface area contributed by atoms with Gasteiger partial charge in [-0.3, -0.25) is 14.9 Å². The minimum Gasteiger partial charge on any atom is -0.366 e. The fourth-order valence-corrected chi connectivity index (χ4v) is 5.33. The average Bonchev–Trinajstić information content (AvgIpc) is 2.77. The van der Waals surface area contributed by atoms with E-state index in [-0.39, 0.29) is 11.1 Å². The van der Waals surface area contributed by atoms with E-state index in [0.29, 0.717) is 11.6 Å². The molecule has 1 unspecified atom stereocenters. The first-order chi connectivity index (χ1) is 16.1. The van der Waals surface area contributed by atoms with Crippen LogP contribution in [0.4, 0.5) is 16.2 Å². The summed E-state index contributed by atoms with van der Waals surface area (Å²) in [5.41, 5.74) is 5.77. The SMILES string of the molecule is CCc1ccc(N2C(=O)NC(=O)/C(=C/c3cc4c(cc3C)N(CC)C(C)(C)CC4C)C2=O)cc1. The van der Waals surface area contributed by atoms with E-state index >= 15 is 0 Å². The lowest BCUT2D eigenvalue weighted by Gasteiger charge is -2.47. The average molecular weight is 460 g/mol. The minimum absolute atomic E-state index is 0.0432. The Balaban J connectivity index is 1.75. The topological polar surface area (TPSA) is 69.7 Å². The summed E-state index contributed by atoms with van der Waals surface area (Å²) < 4.78 is 0. The van der Waals surface area contributed by atoms with Gasteiger partial charge in [-0.25, -0.2) is 9.69 Å². The van der Waals surface area contributed by atoms with Gasteiger partial charge in [-0.05, 0) is 99.0 Å². The lowest BCUT2D eigenvalue weighted by Crippen LogP contribution is -2.54. The molecule has 34 heavy (non-hydrogen) atoms. The van der Waals surface area contributed by atoms with E-state index in [1.54, 1.807) is 18.2 Å². The van der Waals surface area contributed by atoms with Crippen LogP contribution in [-0.2, 0) is 16.0 Å². The van der Waals surface area contributed by atoms with Crippen LogP contribution in [0.3, 0.4) is 0 Å². The lowest BCUT2D eigenvalue weighted by atomic mass is 9.79. The standard InChI is InChI=1S/C28H33N3O3/c1-7-19-9-11-21(12-10-19)31-26(33)23(25(32)29-27(31)34)15-20-14-22-18(4)16-28(5,6)30(8-2)24(22)13-17(20)3/h9-15,18H,7-8,16H2,1-6H3,(H,29,32,34)/b23-15-. The van der Waals surface area contributed by atoms with Gasteiger partial charge >= 0.3 is 6.03 Å². The van der Waals surface area contributed by atoms with Crippen molar-refractivity contribution in [2.24, 2.45) is 0 Å². The molecule has 0 aliphatic carbocycles. The number of rotatable bonds is 4. The molecule has 2 aromatic rings. The third-order valence-corrected chi connectivity index (χ3v) is 7.09. The largest absolute Gasteiger partial charge is 0.366 e. The van der Waals surface area contributed by atoms with Crippen LogP contribution in [0, 0.1) is 6.92 Å². The first-order valence-electron chi connectivity index (χ1n) is 12.0. The number of amides is 4. The number of carbonyl (C=O) groups is 3. The van der Waals surface area contributed by atoms with Gasteiger partial charge in [0.15, 0.2) is 0 Å². The molecule has 1 N–H and O–H groups in total. The van der Waals surface area contributed by atoms with E-state index in [0.717, 1.165) is 41.0 Å². The predicted molar refractivity (Wildman–Crippen MR) is 136 cm³/mol. The quantitative estimate of drug-likeness (QED) is 0.495. The summed E-state index contributed by atoms with van der Waals surface area (Å²) >= 11 is 0. The van der Waals surface area contributed by atoms with Crippen molar-refractivity contribution in [1.82, 2.24) is 5.32 Å². The minimum atomic E-state index is -0.729. The number of imide groups is 2. The van der Waals surface area contributed by atoms with E-state index in [9.17, 15) is 14.4 Å². The fraction of sp³-hybridized carbons (Fsp3) is 0.393. The molecule has 6 heteroatoms. The van der Waals surface area contributed by atoms with Crippen molar-refractivity contribution >= 4 is 35.3 Å². The van der Waals surface area contributed by atoms with Gasteiger partial charge in [0.25, 0.3) is 11.8 Å². The molecular formula is C28H33N3O3. The smallest absolute Gasteiger partial charge is 0.335 e. The molecule has 2 heterocycles. The number of barbiturate groups is 1. The first kappa shape index (κ1) is 23.7. The fourth-order valence-electron chi connectivity index (χ4n) is 5.33. The summed E-state index contributed by atoms with van der Waals surface area (Å²) in [6.45, 7) is 13.9. The molecule has 1 fully saturated rings. The van der Waals surface area contributed by atoms with Crippen LogP contribution >= 0.6 is 0 Å². The maximum absolute atomic E-state index is 13.3. The van der Waals surface area contributed by atoms with Crippen molar-refractivity contribution in [2.45, 2.75) is 65.8 Å². The molecule has 0 bridgehead atoms. The molecule has 0 spiro atoms. The highest BCUT2D eigenvalue weighted by Crippen LogP contribution is 2.44. The number of aryl methyl sites for hydroxylation is 2. The molecule has 1 saturated heterocycles. The summed E-state index contributed by atoms with van der Waals surface area (Å²) in [5, 5.41) is 2.33. The number of nitrogens with one attached hydrogen (secondary N) is 1. The highest BCUT2D eigenvalue weighted by atomic mass is 16.2. The summed E-state index contributed by atoms with van der Waals surface area (Å²) in [6.07, 6.45) is 3.49. The van der Waals surface area contributed by atoms with Crippen LogP contribution in [-0.4, -0.2) is 29.9 Å². The van der Waals surface area contributed by atoms with Crippen molar-refractivity contribution in [2.75, 3.05) is 16.3 Å². The van der Waals surface area contributed by atoms with Crippen molar-refractivity contribution in [3.63, 3.8) is 0 Å². The molecule has 0 aromatic heterocycles. The number of fused-ring (bicyclic) bond motifs is 1. The molecule has 2 aliphatic rings. The van der Waals surface area contributed by atoms with E-state index in [4.69, 9.17) is 0 Å². The monoisotopic (exact) mass is 459 g/mol. The Labute approximate surface area is 201 Å². The molecule has 0 radical (unpaired) electrons. The zero-order chi connectivity index (χ0) is 24.8. The molecule has 4 amide bonds. The van der Waals surface area contributed by atoms with E-state index in [1.807, 2.05) is 26.0 Å². The van der Waals surface area contributed by atoms with Crippen molar-refractivity contribution in [3.8, 4) is 0 Å². The molecule has 2 aromatic carbocycles. The Kier molecular flexibility index (Phi) is 6.11.